The van der Waals surface area contributed by atoms with Crippen LogP contribution in [0.5, 0.6) is 0 Å². The van der Waals surface area contributed by atoms with Crippen molar-refractivity contribution in [1.29, 1.82) is 0 Å². The topological polar surface area (TPSA) is 80.5 Å². The monoisotopic (exact) mass is 258 g/mol. The summed E-state index contributed by atoms with van der Waals surface area (Å²) in [6, 6.07) is -0.799. The predicted molar refractivity (Wildman–Crippen MR) is 66.5 cm³/mol. The van der Waals surface area contributed by atoms with Gasteiger partial charge in [0, 0.05) is 18.9 Å². The van der Waals surface area contributed by atoms with E-state index in [0.717, 1.165) is 4.90 Å². The van der Waals surface area contributed by atoms with Gasteiger partial charge in [0.25, 0.3) is 0 Å². The molecule has 1 fully saturated rings. The highest BCUT2D eigenvalue weighted by molar-refractivity contribution is 8.00. The fraction of sp³-hybridized carbons (Fsp3) is 0.727. The van der Waals surface area contributed by atoms with Gasteiger partial charge >= 0.3 is 0 Å². The van der Waals surface area contributed by atoms with Crippen LogP contribution in [0.4, 0.5) is 0 Å². The van der Waals surface area contributed by atoms with Crippen LogP contribution in [0.2, 0.25) is 0 Å². The van der Waals surface area contributed by atoms with E-state index in [1.807, 2.05) is 0 Å². The smallest absolute Gasteiger partial charge is 0.243 e. The zero-order valence-electron chi connectivity index (χ0n) is 10.3. The Morgan fingerprint density at radius 2 is 2.12 bits per heavy atom. The maximum absolute atomic E-state index is 12.0. The second kappa shape index (κ2) is 5.64. The summed E-state index contributed by atoms with van der Waals surface area (Å²) in [5.41, 5.74) is 5.53. The van der Waals surface area contributed by atoms with Crippen molar-refractivity contribution in [3.8, 4) is 0 Å². The van der Waals surface area contributed by atoms with Gasteiger partial charge in [0.05, 0.1) is 5.25 Å². The van der Waals surface area contributed by atoms with E-state index in [1.165, 1.54) is 11.8 Å². The second-order valence-corrected chi connectivity index (χ2v) is 5.38. The molecule has 2 amide bonds. The van der Waals surface area contributed by atoms with Crippen molar-refractivity contribution in [3.05, 3.63) is 0 Å². The van der Waals surface area contributed by atoms with Crippen LogP contribution < -0.4 is 5.73 Å². The molecule has 1 rings (SSSR count). The maximum atomic E-state index is 12.0. The molecule has 2 atom stereocenters. The highest BCUT2D eigenvalue weighted by atomic mass is 32.2. The van der Waals surface area contributed by atoms with Crippen molar-refractivity contribution in [2.75, 3.05) is 12.8 Å². The van der Waals surface area contributed by atoms with E-state index in [-0.39, 0.29) is 41.7 Å². The molecular weight excluding hydrogens is 240 g/mol. The fourth-order valence-electron chi connectivity index (χ4n) is 1.87. The lowest BCUT2D eigenvalue weighted by atomic mass is 10.0. The molecule has 1 aliphatic heterocycles. The number of carbonyl (C=O) groups is 3. The minimum absolute atomic E-state index is 0.00437. The van der Waals surface area contributed by atoms with Crippen LogP contribution in [0.3, 0.4) is 0 Å². The van der Waals surface area contributed by atoms with Crippen molar-refractivity contribution in [2.45, 2.75) is 31.6 Å². The SMILES string of the molecule is CSC1CC(=O)N(C(CN)C(=O)C(C)C)C1=O. The first-order valence-electron chi connectivity index (χ1n) is 5.56. The van der Waals surface area contributed by atoms with E-state index < -0.39 is 6.04 Å². The van der Waals surface area contributed by atoms with E-state index in [0.29, 0.717) is 0 Å². The van der Waals surface area contributed by atoms with Gasteiger partial charge in [-0.2, -0.15) is 11.8 Å². The largest absolute Gasteiger partial charge is 0.328 e. The number of thioether (sulfide) groups is 1. The van der Waals surface area contributed by atoms with E-state index >= 15 is 0 Å². The van der Waals surface area contributed by atoms with E-state index in [4.69, 9.17) is 5.73 Å². The maximum Gasteiger partial charge on any atom is 0.243 e. The van der Waals surface area contributed by atoms with E-state index in [1.54, 1.807) is 20.1 Å². The summed E-state index contributed by atoms with van der Waals surface area (Å²) in [5, 5.41) is -0.364. The molecule has 96 valence electrons. The number of imide groups is 1. The Morgan fingerprint density at radius 1 is 1.53 bits per heavy atom. The Hall–Kier alpha value is -0.880. The molecule has 0 aromatic heterocycles. The number of hydrogen-bond acceptors (Lipinski definition) is 5. The number of ketones is 1. The molecule has 1 saturated heterocycles. The summed E-state index contributed by atoms with van der Waals surface area (Å²) in [4.78, 5) is 36.7. The van der Waals surface area contributed by atoms with Crippen LogP contribution >= 0.6 is 11.8 Å². The molecule has 0 spiro atoms. The van der Waals surface area contributed by atoms with Crippen LogP contribution in [-0.2, 0) is 14.4 Å². The lowest BCUT2D eigenvalue weighted by Crippen LogP contribution is -2.50. The molecule has 0 aromatic rings. The van der Waals surface area contributed by atoms with Crippen molar-refractivity contribution in [3.63, 3.8) is 0 Å². The zero-order chi connectivity index (χ0) is 13.2. The van der Waals surface area contributed by atoms with Gasteiger partial charge in [-0.05, 0) is 6.26 Å². The number of nitrogens with zero attached hydrogens (tertiary/aromatic N) is 1. The Labute approximate surface area is 105 Å². The first-order valence-corrected chi connectivity index (χ1v) is 6.85. The molecule has 1 heterocycles. The van der Waals surface area contributed by atoms with Gasteiger partial charge in [-0.25, -0.2) is 0 Å². The molecule has 0 saturated carbocycles. The Bertz CT molecular complexity index is 344. The van der Waals surface area contributed by atoms with Gasteiger partial charge in [0.2, 0.25) is 11.8 Å². The molecule has 0 aliphatic carbocycles. The summed E-state index contributed by atoms with van der Waals surface area (Å²) < 4.78 is 0. The highest BCUT2D eigenvalue weighted by Gasteiger charge is 2.44. The van der Waals surface area contributed by atoms with Gasteiger partial charge in [-0.15, -0.1) is 0 Å². The van der Waals surface area contributed by atoms with Gasteiger partial charge in [0.1, 0.15) is 6.04 Å². The average molecular weight is 258 g/mol. The van der Waals surface area contributed by atoms with Gasteiger partial charge in [-0.1, -0.05) is 13.8 Å². The Kier molecular flexibility index (Phi) is 4.70. The molecule has 1 aliphatic rings. The summed E-state index contributed by atoms with van der Waals surface area (Å²) in [5.74, 6) is -0.973. The van der Waals surface area contributed by atoms with Crippen molar-refractivity contribution >= 4 is 29.4 Å². The Morgan fingerprint density at radius 3 is 2.47 bits per heavy atom. The first-order chi connectivity index (χ1) is 7.93. The molecule has 17 heavy (non-hydrogen) atoms. The number of nitrogens with two attached hydrogens (primary N) is 1. The number of Topliss-reactive ketones (excluding diaryl/α,β-unsaturated/α-hetero) is 1. The molecule has 0 aromatic carbocycles. The molecule has 2 N–H and O–H groups in total. The predicted octanol–water partition coefficient (Wildman–Crippen LogP) is 0.0293. The third kappa shape index (κ3) is 2.69. The van der Waals surface area contributed by atoms with Gasteiger partial charge < -0.3 is 5.73 Å². The third-order valence-corrected chi connectivity index (χ3v) is 3.80. The van der Waals surface area contributed by atoms with Crippen LogP contribution in [0.15, 0.2) is 0 Å². The van der Waals surface area contributed by atoms with Crippen LogP contribution in [-0.4, -0.2) is 46.6 Å². The minimum Gasteiger partial charge on any atom is -0.328 e. The Balaban J connectivity index is 2.93. The van der Waals surface area contributed by atoms with Crippen molar-refractivity contribution < 1.29 is 14.4 Å². The van der Waals surface area contributed by atoms with E-state index in [2.05, 4.69) is 0 Å². The summed E-state index contributed by atoms with van der Waals surface area (Å²) >= 11 is 1.33. The van der Waals surface area contributed by atoms with Crippen molar-refractivity contribution in [1.82, 2.24) is 4.90 Å². The molecular formula is C11H18N2O3S. The number of carbonyl (C=O) groups excluding carboxylic acids is 3. The minimum atomic E-state index is -0.799. The standard InChI is InChI=1S/C11H18N2O3S/c1-6(2)10(15)7(5-12)13-9(14)4-8(17-3)11(13)16/h6-8H,4-5,12H2,1-3H3. The average Bonchev–Trinajstić information content (AvgIpc) is 2.56. The summed E-state index contributed by atoms with van der Waals surface area (Å²) in [6.07, 6.45) is 1.95. The zero-order valence-corrected chi connectivity index (χ0v) is 11.1. The highest BCUT2D eigenvalue weighted by Crippen LogP contribution is 2.25. The van der Waals surface area contributed by atoms with Crippen molar-refractivity contribution in [2.24, 2.45) is 11.7 Å². The van der Waals surface area contributed by atoms with Crippen LogP contribution in [0.1, 0.15) is 20.3 Å². The number of likely N-dealkylation sites (tertiary alicyclic amines) is 1. The summed E-state index contributed by atoms with van der Waals surface area (Å²) in [7, 11) is 0. The lowest BCUT2D eigenvalue weighted by molar-refractivity contribution is -0.146. The molecule has 5 nitrogen and oxygen atoms in total. The van der Waals surface area contributed by atoms with E-state index in [9.17, 15) is 14.4 Å². The molecule has 6 heteroatoms. The third-order valence-electron chi connectivity index (χ3n) is 2.86. The summed E-state index contributed by atoms with van der Waals surface area (Å²) in [6.45, 7) is 3.47. The van der Waals surface area contributed by atoms with Crippen LogP contribution in [0, 0.1) is 5.92 Å². The number of rotatable bonds is 5. The lowest BCUT2D eigenvalue weighted by Gasteiger charge is -2.25. The quantitative estimate of drug-likeness (QED) is 0.704. The van der Waals surface area contributed by atoms with Gasteiger partial charge in [0.15, 0.2) is 5.78 Å². The normalized spacial score (nSPS) is 22.4. The number of hydrogen-bond donors (Lipinski definition) is 1. The number of amides is 2. The van der Waals surface area contributed by atoms with Crippen LogP contribution in [0.25, 0.3) is 0 Å². The molecule has 0 bridgehead atoms. The van der Waals surface area contributed by atoms with Gasteiger partial charge in [-0.3, -0.25) is 19.3 Å². The fourth-order valence-corrected chi connectivity index (χ4v) is 2.49. The first kappa shape index (κ1) is 14.2. The molecule has 2 unspecified atom stereocenters. The second-order valence-electron chi connectivity index (χ2n) is 4.34. The molecule has 0 radical (unpaired) electrons.